The number of rotatable bonds is 6. The highest BCUT2D eigenvalue weighted by Gasteiger charge is 2.18. The Kier molecular flexibility index (Phi) is 6.05. The SMILES string of the molecule is CCN(CC(C)C#N)C(=O)CC(C)c1ccc(N)cc1. The summed E-state index contributed by atoms with van der Waals surface area (Å²) in [5, 5.41) is 8.85. The molecule has 2 N–H and O–H groups in total. The van der Waals surface area contributed by atoms with Crippen LogP contribution in [0.3, 0.4) is 0 Å². The van der Waals surface area contributed by atoms with Crippen LogP contribution in [0.2, 0.25) is 0 Å². The Balaban J connectivity index is 2.64. The first-order valence-electron chi connectivity index (χ1n) is 7.00. The first-order chi connectivity index (χ1) is 9.47. The summed E-state index contributed by atoms with van der Waals surface area (Å²) in [6, 6.07) is 9.79. The number of nitriles is 1. The van der Waals surface area contributed by atoms with E-state index in [9.17, 15) is 4.79 Å². The normalized spacial score (nSPS) is 13.3. The van der Waals surface area contributed by atoms with E-state index < -0.39 is 0 Å². The number of benzene rings is 1. The third-order valence-corrected chi connectivity index (χ3v) is 3.44. The van der Waals surface area contributed by atoms with Crippen molar-refractivity contribution in [3.63, 3.8) is 0 Å². The molecule has 108 valence electrons. The van der Waals surface area contributed by atoms with Gasteiger partial charge in [-0.3, -0.25) is 4.79 Å². The number of amides is 1. The lowest BCUT2D eigenvalue weighted by Crippen LogP contribution is -2.34. The zero-order valence-corrected chi connectivity index (χ0v) is 12.5. The van der Waals surface area contributed by atoms with Gasteiger partial charge in [0.1, 0.15) is 0 Å². The third-order valence-electron chi connectivity index (χ3n) is 3.44. The molecule has 0 bridgehead atoms. The molecule has 2 unspecified atom stereocenters. The minimum atomic E-state index is -0.134. The van der Waals surface area contributed by atoms with Gasteiger partial charge in [-0.15, -0.1) is 0 Å². The summed E-state index contributed by atoms with van der Waals surface area (Å²) >= 11 is 0. The van der Waals surface area contributed by atoms with Crippen LogP contribution in [0.4, 0.5) is 5.69 Å². The summed E-state index contributed by atoms with van der Waals surface area (Å²) < 4.78 is 0. The lowest BCUT2D eigenvalue weighted by molar-refractivity contribution is -0.131. The molecule has 4 nitrogen and oxygen atoms in total. The van der Waals surface area contributed by atoms with E-state index in [1.165, 1.54) is 0 Å². The fourth-order valence-corrected chi connectivity index (χ4v) is 2.11. The van der Waals surface area contributed by atoms with Crippen molar-refractivity contribution in [1.29, 1.82) is 5.26 Å². The van der Waals surface area contributed by atoms with Crippen molar-refractivity contribution in [3.8, 4) is 6.07 Å². The standard InChI is InChI=1S/C16H23N3O/c1-4-19(11-12(2)10-17)16(20)9-13(3)14-5-7-15(18)8-6-14/h5-8,12-13H,4,9,11,18H2,1-3H3. The van der Waals surface area contributed by atoms with Crippen LogP contribution in [-0.2, 0) is 4.79 Å². The molecular weight excluding hydrogens is 250 g/mol. The van der Waals surface area contributed by atoms with E-state index in [2.05, 4.69) is 6.07 Å². The van der Waals surface area contributed by atoms with Crippen molar-refractivity contribution < 1.29 is 4.79 Å². The summed E-state index contributed by atoms with van der Waals surface area (Å²) in [6.45, 7) is 6.94. The summed E-state index contributed by atoms with van der Waals surface area (Å²) in [5.74, 6) is 0.110. The Bertz CT molecular complexity index is 475. The molecule has 0 heterocycles. The molecule has 0 spiro atoms. The predicted molar refractivity (Wildman–Crippen MR) is 80.9 cm³/mol. The molecule has 2 atom stereocenters. The van der Waals surface area contributed by atoms with Crippen LogP contribution in [0, 0.1) is 17.2 Å². The zero-order chi connectivity index (χ0) is 15.1. The second-order valence-corrected chi connectivity index (χ2v) is 5.23. The molecule has 0 saturated heterocycles. The highest BCUT2D eigenvalue weighted by atomic mass is 16.2. The first kappa shape index (κ1) is 16.0. The summed E-state index contributed by atoms with van der Waals surface area (Å²) in [6.07, 6.45) is 0.454. The third kappa shape index (κ3) is 4.58. The van der Waals surface area contributed by atoms with Crippen molar-refractivity contribution in [2.75, 3.05) is 18.8 Å². The number of carbonyl (C=O) groups is 1. The van der Waals surface area contributed by atoms with E-state index in [4.69, 9.17) is 11.0 Å². The van der Waals surface area contributed by atoms with Crippen LogP contribution in [0.15, 0.2) is 24.3 Å². The average molecular weight is 273 g/mol. The molecule has 1 aromatic rings. The number of anilines is 1. The van der Waals surface area contributed by atoms with Gasteiger partial charge in [-0.25, -0.2) is 0 Å². The van der Waals surface area contributed by atoms with Gasteiger partial charge in [-0.1, -0.05) is 19.1 Å². The topological polar surface area (TPSA) is 70.1 Å². The molecule has 4 heteroatoms. The molecule has 20 heavy (non-hydrogen) atoms. The molecule has 0 radical (unpaired) electrons. The van der Waals surface area contributed by atoms with Crippen molar-refractivity contribution in [2.45, 2.75) is 33.1 Å². The van der Waals surface area contributed by atoms with Gasteiger partial charge in [0.2, 0.25) is 5.91 Å². The molecule has 0 fully saturated rings. The average Bonchev–Trinajstić information content (AvgIpc) is 2.44. The van der Waals surface area contributed by atoms with Gasteiger partial charge < -0.3 is 10.6 Å². The molecule has 0 aliphatic rings. The van der Waals surface area contributed by atoms with Crippen molar-refractivity contribution >= 4 is 11.6 Å². The van der Waals surface area contributed by atoms with E-state index >= 15 is 0 Å². The maximum atomic E-state index is 12.3. The largest absolute Gasteiger partial charge is 0.399 e. The molecule has 0 saturated carbocycles. The fraction of sp³-hybridized carbons (Fsp3) is 0.500. The summed E-state index contributed by atoms with van der Waals surface area (Å²) in [5.41, 5.74) is 7.50. The number of hydrogen-bond acceptors (Lipinski definition) is 3. The zero-order valence-electron chi connectivity index (χ0n) is 12.5. The van der Waals surface area contributed by atoms with Crippen LogP contribution in [0.25, 0.3) is 0 Å². The molecular formula is C16H23N3O. The minimum absolute atomic E-state index is 0.0962. The van der Waals surface area contributed by atoms with Gasteiger partial charge in [-0.2, -0.15) is 5.26 Å². The summed E-state index contributed by atoms with van der Waals surface area (Å²) in [4.78, 5) is 14.0. The van der Waals surface area contributed by atoms with E-state index in [-0.39, 0.29) is 17.7 Å². The van der Waals surface area contributed by atoms with Crippen molar-refractivity contribution in [2.24, 2.45) is 5.92 Å². The van der Waals surface area contributed by atoms with Gasteiger partial charge >= 0.3 is 0 Å². The monoisotopic (exact) mass is 273 g/mol. The van der Waals surface area contributed by atoms with Crippen LogP contribution >= 0.6 is 0 Å². The Labute approximate surface area is 121 Å². The Morgan fingerprint density at radius 1 is 1.35 bits per heavy atom. The predicted octanol–water partition coefficient (Wildman–Crippen LogP) is 2.77. The molecule has 0 aliphatic carbocycles. The van der Waals surface area contributed by atoms with E-state index in [1.807, 2.05) is 45.0 Å². The van der Waals surface area contributed by atoms with E-state index in [0.717, 1.165) is 11.3 Å². The second kappa shape index (κ2) is 7.54. The first-order valence-corrected chi connectivity index (χ1v) is 7.00. The molecule has 1 aromatic carbocycles. The van der Waals surface area contributed by atoms with Gasteiger partial charge in [0.15, 0.2) is 0 Å². The van der Waals surface area contributed by atoms with Crippen LogP contribution in [-0.4, -0.2) is 23.9 Å². The Morgan fingerprint density at radius 3 is 2.45 bits per heavy atom. The highest BCUT2D eigenvalue weighted by molar-refractivity contribution is 5.77. The highest BCUT2D eigenvalue weighted by Crippen LogP contribution is 2.21. The minimum Gasteiger partial charge on any atom is -0.399 e. The molecule has 0 aromatic heterocycles. The lowest BCUT2D eigenvalue weighted by Gasteiger charge is -2.23. The summed E-state index contributed by atoms with van der Waals surface area (Å²) in [7, 11) is 0. The molecule has 1 amide bonds. The fourth-order valence-electron chi connectivity index (χ4n) is 2.11. The van der Waals surface area contributed by atoms with E-state index in [1.54, 1.807) is 4.90 Å². The Morgan fingerprint density at radius 2 is 1.95 bits per heavy atom. The van der Waals surface area contributed by atoms with Crippen molar-refractivity contribution in [3.05, 3.63) is 29.8 Å². The van der Waals surface area contributed by atoms with Gasteiger partial charge in [-0.05, 0) is 37.5 Å². The van der Waals surface area contributed by atoms with Crippen LogP contribution in [0.1, 0.15) is 38.7 Å². The quantitative estimate of drug-likeness (QED) is 0.810. The van der Waals surface area contributed by atoms with Gasteiger partial charge in [0.25, 0.3) is 0 Å². The molecule has 1 rings (SSSR count). The number of nitrogen functional groups attached to an aromatic ring is 1. The van der Waals surface area contributed by atoms with Crippen LogP contribution < -0.4 is 5.73 Å². The Hall–Kier alpha value is -2.02. The lowest BCUT2D eigenvalue weighted by atomic mass is 9.97. The number of carbonyl (C=O) groups excluding carboxylic acids is 1. The van der Waals surface area contributed by atoms with E-state index in [0.29, 0.717) is 19.5 Å². The molecule has 0 aliphatic heterocycles. The van der Waals surface area contributed by atoms with Crippen LogP contribution in [0.5, 0.6) is 0 Å². The maximum Gasteiger partial charge on any atom is 0.223 e. The van der Waals surface area contributed by atoms with Gasteiger partial charge in [0, 0.05) is 25.2 Å². The number of nitrogens with zero attached hydrogens (tertiary/aromatic N) is 2. The smallest absolute Gasteiger partial charge is 0.223 e. The number of nitrogens with two attached hydrogens (primary N) is 1. The maximum absolute atomic E-state index is 12.3. The number of hydrogen-bond donors (Lipinski definition) is 1. The second-order valence-electron chi connectivity index (χ2n) is 5.23. The van der Waals surface area contributed by atoms with Crippen molar-refractivity contribution in [1.82, 2.24) is 4.90 Å². The van der Waals surface area contributed by atoms with Gasteiger partial charge in [0.05, 0.1) is 12.0 Å².